The number of halogens is 3. The first-order valence-corrected chi connectivity index (χ1v) is 6.90. The van der Waals surface area contributed by atoms with Crippen LogP contribution in [0.25, 0.3) is 0 Å². The summed E-state index contributed by atoms with van der Waals surface area (Å²) in [6.45, 7) is 5.71. The second kappa shape index (κ2) is 7.34. The summed E-state index contributed by atoms with van der Waals surface area (Å²) in [5.41, 5.74) is 0. The third-order valence-electron chi connectivity index (χ3n) is 3.43. The van der Waals surface area contributed by atoms with Gasteiger partial charge in [-0.1, -0.05) is 13.8 Å². The van der Waals surface area contributed by atoms with Crippen LogP contribution in [-0.2, 0) is 0 Å². The fourth-order valence-electron chi connectivity index (χ4n) is 2.50. The highest BCUT2D eigenvalue weighted by Crippen LogP contribution is 2.22. The van der Waals surface area contributed by atoms with Gasteiger partial charge >= 0.3 is 6.18 Å². The lowest BCUT2D eigenvalue weighted by Crippen LogP contribution is -2.47. The van der Waals surface area contributed by atoms with Gasteiger partial charge in [0.2, 0.25) is 0 Å². The van der Waals surface area contributed by atoms with Crippen LogP contribution in [0.15, 0.2) is 0 Å². The molecule has 0 unspecified atom stereocenters. The molecule has 0 aromatic heterocycles. The SMILES string of the molecule is CC(C)CCCN(CC(F)(F)F)C1CCNCC1. The summed E-state index contributed by atoms with van der Waals surface area (Å²) in [6, 6.07) is 0.0973. The van der Waals surface area contributed by atoms with Gasteiger partial charge in [-0.25, -0.2) is 0 Å². The Morgan fingerprint density at radius 3 is 2.33 bits per heavy atom. The van der Waals surface area contributed by atoms with Crippen LogP contribution in [0.4, 0.5) is 13.2 Å². The van der Waals surface area contributed by atoms with Crippen LogP contribution < -0.4 is 5.32 Å². The van der Waals surface area contributed by atoms with Crippen molar-refractivity contribution in [2.45, 2.75) is 51.7 Å². The van der Waals surface area contributed by atoms with Gasteiger partial charge in [-0.05, 0) is 51.2 Å². The van der Waals surface area contributed by atoms with E-state index in [0.717, 1.165) is 38.8 Å². The minimum atomic E-state index is -4.08. The van der Waals surface area contributed by atoms with Gasteiger partial charge in [-0.2, -0.15) is 13.2 Å². The fraction of sp³-hybridized carbons (Fsp3) is 1.00. The molecule has 0 aromatic carbocycles. The summed E-state index contributed by atoms with van der Waals surface area (Å²) in [7, 11) is 0. The van der Waals surface area contributed by atoms with Crippen molar-refractivity contribution in [3.8, 4) is 0 Å². The Morgan fingerprint density at radius 2 is 1.83 bits per heavy atom. The zero-order valence-corrected chi connectivity index (χ0v) is 11.4. The van der Waals surface area contributed by atoms with Crippen LogP contribution in [0.3, 0.4) is 0 Å². The molecule has 0 saturated carbocycles. The van der Waals surface area contributed by atoms with Crippen LogP contribution in [0.5, 0.6) is 0 Å². The van der Waals surface area contributed by atoms with Crippen molar-refractivity contribution in [1.82, 2.24) is 10.2 Å². The van der Waals surface area contributed by atoms with Gasteiger partial charge in [-0.15, -0.1) is 0 Å². The van der Waals surface area contributed by atoms with E-state index in [1.807, 2.05) is 0 Å². The molecule has 0 amide bonds. The smallest absolute Gasteiger partial charge is 0.317 e. The molecule has 1 fully saturated rings. The summed E-state index contributed by atoms with van der Waals surface area (Å²) in [5.74, 6) is 0.561. The first kappa shape index (κ1) is 15.8. The summed E-state index contributed by atoms with van der Waals surface area (Å²) < 4.78 is 37.8. The van der Waals surface area contributed by atoms with Crippen LogP contribution in [0.1, 0.15) is 39.5 Å². The number of piperidine rings is 1. The Morgan fingerprint density at radius 1 is 1.22 bits per heavy atom. The van der Waals surface area contributed by atoms with Crippen LogP contribution in [0, 0.1) is 5.92 Å². The standard InChI is InChI=1S/C13H25F3N2/c1-11(2)4-3-9-18(10-13(14,15)16)12-5-7-17-8-6-12/h11-12,17H,3-10H2,1-2H3. The van der Waals surface area contributed by atoms with Gasteiger partial charge in [0.15, 0.2) is 0 Å². The Kier molecular flexibility index (Phi) is 6.43. The van der Waals surface area contributed by atoms with Gasteiger partial charge < -0.3 is 5.32 Å². The summed E-state index contributed by atoms with van der Waals surface area (Å²) in [4.78, 5) is 1.64. The van der Waals surface area contributed by atoms with E-state index in [0.29, 0.717) is 12.5 Å². The maximum absolute atomic E-state index is 12.6. The Hall–Kier alpha value is -0.290. The number of alkyl halides is 3. The van der Waals surface area contributed by atoms with Crippen LogP contribution in [0.2, 0.25) is 0 Å². The van der Waals surface area contributed by atoms with E-state index in [2.05, 4.69) is 19.2 Å². The van der Waals surface area contributed by atoms with Gasteiger partial charge in [0.05, 0.1) is 6.54 Å². The summed E-state index contributed by atoms with van der Waals surface area (Å²) >= 11 is 0. The van der Waals surface area contributed by atoms with Gasteiger partial charge in [0.25, 0.3) is 0 Å². The fourth-order valence-corrected chi connectivity index (χ4v) is 2.50. The highest BCUT2D eigenvalue weighted by atomic mass is 19.4. The first-order valence-electron chi connectivity index (χ1n) is 6.90. The molecule has 1 heterocycles. The average Bonchev–Trinajstić information content (AvgIpc) is 2.27. The predicted molar refractivity (Wildman–Crippen MR) is 67.6 cm³/mol. The molecule has 1 rings (SSSR count). The molecular formula is C13H25F3N2. The van der Waals surface area contributed by atoms with Crippen molar-refractivity contribution in [3.63, 3.8) is 0 Å². The molecule has 0 radical (unpaired) electrons. The van der Waals surface area contributed by atoms with Crippen molar-refractivity contribution in [2.75, 3.05) is 26.2 Å². The van der Waals surface area contributed by atoms with Crippen molar-refractivity contribution in [1.29, 1.82) is 0 Å². The molecule has 1 aliphatic rings. The van der Waals surface area contributed by atoms with Crippen molar-refractivity contribution < 1.29 is 13.2 Å². The quantitative estimate of drug-likeness (QED) is 0.795. The minimum absolute atomic E-state index is 0.0973. The monoisotopic (exact) mass is 266 g/mol. The molecular weight excluding hydrogens is 241 g/mol. The molecule has 1 N–H and O–H groups in total. The van der Waals surface area contributed by atoms with E-state index in [9.17, 15) is 13.2 Å². The third-order valence-corrected chi connectivity index (χ3v) is 3.43. The largest absolute Gasteiger partial charge is 0.401 e. The van der Waals surface area contributed by atoms with Gasteiger partial charge in [0.1, 0.15) is 0 Å². The minimum Gasteiger partial charge on any atom is -0.317 e. The number of nitrogens with zero attached hydrogens (tertiary/aromatic N) is 1. The highest BCUT2D eigenvalue weighted by Gasteiger charge is 2.33. The van der Waals surface area contributed by atoms with Crippen LogP contribution in [-0.4, -0.2) is 43.3 Å². The molecule has 18 heavy (non-hydrogen) atoms. The highest BCUT2D eigenvalue weighted by molar-refractivity contribution is 4.79. The first-order chi connectivity index (χ1) is 8.38. The van der Waals surface area contributed by atoms with E-state index in [1.54, 1.807) is 4.90 Å². The number of hydrogen-bond acceptors (Lipinski definition) is 2. The van der Waals surface area contributed by atoms with Crippen LogP contribution >= 0.6 is 0 Å². The van der Waals surface area contributed by atoms with Gasteiger partial charge in [-0.3, -0.25) is 4.90 Å². The third kappa shape index (κ3) is 6.59. The predicted octanol–water partition coefficient (Wildman–Crippen LogP) is 3.04. The second-order valence-corrected chi connectivity index (χ2v) is 5.60. The molecule has 0 atom stereocenters. The lowest BCUT2D eigenvalue weighted by atomic mass is 10.0. The normalized spacial score (nSPS) is 18.8. The van der Waals surface area contributed by atoms with E-state index < -0.39 is 12.7 Å². The lowest BCUT2D eigenvalue weighted by Gasteiger charge is -2.35. The maximum Gasteiger partial charge on any atom is 0.401 e. The number of nitrogens with one attached hydrogen (secondary N) is 1. The number of rotatable bonds is 6. The van der Waals surface area contributed by atoms with E-state index in [1.165, 1.54) is 0 Å². The van der Waals surface area contributed by atoms with E-state index in [-0.39, 0.29) is 6.04 Å². The zero-order chi connectivity index (χ0) is 13.6. The Balaban J connectivity index is 2.45. The average molecular weight is 266 g/mol. The van der Waals surface area contributed by atoms with E-state index in [4.69, 9.17) is 0 Å². The molecule has 0 bridgehead atoms. The van der Waals surface area contributed by atoms with Crippen molar-refractivity contribution >= 4 is 0 Å². The summed E-state index contributed by atoms with van der Waals surface area (Å²) in [5, 5.41) is 3.20. The molecule has 0 spiro atoms. The van der Waals surface area contributed by atoms with Crippen molar-refractivity contribution in [3.05, 3.63) is 0 Å². The Bertz CT molecular complexity index is 223. The molecule has 0 aromatic rings. The molecule has 2 nitrogen and oxygen atoms in total. The topological polar surface area (TPSA) is 15.3 Å². The lowest BCUT2D eigenvalue weighted by molar-refractivity contribution is -0.152. The van der Waals surface area contributed by atoms with E-state index >= 15 is 0 Å². The molecule has 108 valence electrons. The number of hydrogen-bond donors (Lipinski definition) is 1. The zero-order valence-electron chi connectivity index (χ0n) is 11.4. The van der Waals surface area contributed by atoms with Gasteiger partial charge in [0, 0.05) is 6.04 Å². The van der Waals surface area contributed by atoms with Crippen molar-refractivity contribution in [2.24, 2.45) is 5.92 Å². The Labute approximate surface area is 108 Å². The molecule has 5 heteroatoms. The molecule has 1 saturated heterocycles. The maximum atomic E-state index is 12.6. The second-order valence-electron chi connectivity index (χ2n) is 5.60. The molecule has 1 aliphatic heterocycles. The molecule has 0 aliphatic carbocycles. The summed E-state index contributed by atoms with van der Waals surface area (Å²) in [6.07, 6.45) is -0.560.